The molecule has 0 aliphatic carbocycles. The maximum atomic E-state index is 13.3. The van der Waals surface area contributed by atoms with E-state index in [1.54, 1.807) is 0 Å². The van der Waals surface area contributed by atoms with Crippen molar-refractivity contribution < 1.29 is 14.4 Å². The topological polar surface area (TPSA) is 85.0 Å². The monoisotopic (exact) mass is 443 g/mol. The number of nitrogens with zero attached hydrogens (tertiary/aromatic N) is 3. The number of carbonyl (C=O) groups is 3. The Bertz CT molecular complexity index is 825. The zero-order valence-electron chi connectivity index (χ0n) is 19.8. The largest absolute Gasteiger partial charge is 0.367 e. The summed E-state index contributed by atoms with van der Waals surface area (Å²) in [4.78, 5) is 43.8. The highest BCUT2D eigenvalue weighted by molar-refractivity contribution is 6.02. The van der Waals surface area contributed by atoms with Crippen LogP contribution in [0.2, 0.25) is 0 Å². The summed E-state index contributed by atoms with van der Waals surface area (Å²) in [7, 11) is 0. The average Bonchev–Trinajstić information content (AvgIpc) is 3.27. The smallest absolute Gasteiger partial charge is 0.317 e. The molecule has 32 heavy (non-hydrogen) atoms. The second kappa shape index (κ2) is 10.7. The van der Waals surface area contributed by atoms with E-state index in [0.29, 0.717) is 43.9 Å². The molecule has 8 heteroatoms. The Morgan fingerprint density at radius 2 is 1.56 bits per heavy atom. The van der Waals surface area contributed by atoms with Gasteiger partial charge in [-0.2, -0.15) is 0 Å². The number of hydrogen-bond acceptors (Lipinski definition) is 4. The molecule has 4 amide bonds. The van der Waals surface area contributed by atoms with Crippen LogP contribution in [0.3, 0.4) is 0 Å². The van der Waals surface area contributed by atoms with Crippen molar-refractivity contribution in [2.75, 3.05) is 49.5 Å². The lowest BCUT2D eigenvalue weighted by atomic mass is 10.1. The van der Waals surface area contributed by atoms with Gasteiger partial charge in [-0.25, -0.2) is 4.79 Å². The molecule has 0 unspecified atom stereocenters. The van der Waals surface area contributed by atoms with Crippen molar-refractivity contribution in [3.8, 4) is 0 Å². The fourth-order valence-corrected chi connectivity index (χ4v) is 4.22. The van der Waals surface area contributed by atoms with E-state index in [1.807, 2.05) is 55.7 Å². The average molecular weight is 444 g/mol. The molecule has 2 aliphatic heterocycles. The zero-order valence-corrected chi connectivity index (χ0v) is 19.8. The molecular formula is C24H37N5O3. The highest BCUT2D eigenvalue weighted by Crippen LogP contribution is 2.28. The van der Waals surface area contributed by atoms with E-state index < -0.39 is 0 Å². The summed E-state index contributed by atoms with van der Waals surface area (Å²) < 4.78 is 0. The van der Waals surface area contributed by atoms with Crippen LogP contribution in [0.5, 0.6) is 0 Å². The molecule has 0 bridgehead atoms. The lowest BCUT2D eigenvalue weighted by Gasteiger charge is -2.37. The zero-order chi connectivity index (χ0) is 23.3. The lowest BCUT2D eigenvalue weighted by molar-refractivity contribution is -0.116. The van der Waals surface area contributed by atoms with Gasteiger partial charge in [0.1, 0.15) is 0 Å². The predicted octanol–water partition coefficient (Wildman–Crippen LogP) is 3.15. The van der Waals surface area contributed by atoms with E-state index in [-0.39, 0.29) is 29.8 Å². The molecule has 1 aromatic carbocycles. The van der Waals surface area contributed by atoms with Crippen LogP contribution in [-0.2, 0) is 4.79 Å². The van der Waals surface area contributed by atoms with Gasteiger partial charge in [-0.3, -0.25) is 9.59 Å². The first kappa shape index (κ1) is 23.9. The highest BCUT2D eigenvalue weighted by Gasteiger charge is 2.27. The van der Waals surface area contributed by atoms with E-state index in [0.717, 1.165) is 31.6 Å². The van der Waals surface area contributed by atoms with E-state index in [1.165, 1.54) is 0 Å². The van der Waals surface area contributed by atoms with Crippen molar-refractivity contribution in [2.24, 2.45) is 5.92 Å². The predicted molar refractivity (Wildman–Crippen MR) is 127 cm³/mol. The number of piperazine rings is 1. The van der Waals surface area contributed by atoms with Crippen LogP contribution >= 0.6 is 0 Å². The van der Waals surface area contributed by atoms with Crippen molar-refractivity contribution in [1.82, 2.24) is 15.1 Å². The van der Waals surface area contributed by atoms with Crippen LogP contribution in [0.15, 0.2) is 18.2 Å². The van der Waals surface area contributed by atoms with Crippen LogP contribution in [0.4, 0.5) is 16.2 Å². The molecular weight excluding hydrogens is 406 g/mol. The molecule has 0 radical (unpaired) electrons. The summed E-state index contributed by atoms with van der Waals surface area (Å²) in [6, 6.07) is 5.66. The number of carbonyl (C=O) groups excluding carboxylic acids is 3. The molecule has 2 aliphatic rings. The molecule has 2 saturated heterocycles. The molecule has 2 fully saturated rings. The van der Waals surface area contributed by atoms with Gasteiger partial charge in [-0.1, -0.05) is 13.8 Å². The van der Waals surface area contributed by atoms with Gasteiger partial charge < -0.3 is 25.3 Å². The summed E-state index contributed by atoms with van der Waals surface area (Å²) in [5, 5.41) is 5.88. The third kappa shape index (κ3) is 6.14. The molecule has 3 rings (SSSR count). The minimum absolute atomic E-state index is 0.0115. The molecule has 0 aromatic heterocycles. The van der Waals surface area contributed by atoms with Gasteiger partial charge in [-0.05, 0) is 50.8 Å². The van der Waals surface area contributed by atoms with E-state index in [4.69, 9.17) is 0 Å². The van der Waals surface area contributed by atoms with Gasteiger partial charge in [0.25, 0.3) is 5.91 Å². The molecule has 0 atom stereocenters. The van der Waals surface area contributed by atoms with E-state index in [2.05, 4.69) is 15.5 Å². The molecule has 176 valence electrons. The van der Waals surface area contributed by atoms with Gasteiger partial charge in [0.15, 0.2) is 0 Å². The molecule has 1 aromatic rings. The first-order valence-electron chi connectivity index (χ1n) is 11.8. The third-order valence-corrected chi connectivity index (χ3v) is 5.82. The summed E-state index contributed by atoms with van der Waals surface area (Å²) in [6.07, 6.45) is 2.49. The molecule has 2 heterocycles. The maximum absolute atomic E-state index is 13.3. The number of urea groups is 1. The van der Waals surface area contributed by atoms with Gasteiger partial charge in [0.05, 0.1) is 5.56 Å². The second-order valence-corrected chi connectivity index (χ2v) is 9.46. The van der Waals surface area contributed by atoms with Crippen molar-refractivity contribution in [1.29, 1.82) is 0 Å². The molecule has 8 nitrogen and oxygen atoms in total. The van der Waals surface area contributed by atoms with Gasteiger partial charge in [0.2, 0.25) is 5.91 Å². The Morgan fingerprint density at radius 3 is 2.16 bits per heavy atom. The highest BCUT2D eigenvalue weighted by atomic mass is 16.2. The van der Waals surface area contributed by atoms with Crippen LogP contribution in [0.25, 0.3) is 0 Å². The summed E-state index contributed by atoms with van der Waals surface area (Å²) in [5.74, 6) is 0.235. The fraction of sp³-hybridized carbons (Fsp3) is 0.625. The number of nitrogens with one attached hydrogen (secondary N) is 2. The Balaban J connectivity index is 1.77. The number of amides is 4. The summed E-state index contributed by atoms with van der Waals surface area (Å²) >= 11 is 0. The molecule has 0 saturated carbocycles. The Labute approximate surface area is 191 Å². The van der Waals surface area contributed by atoms with Crippen molar-refractivity contribution >= 4 is 29.2 Å². The van der Waals surface area contributed by atoms with Gasteiger partial charge in [0, 0.05) is 63.1 Å². The van der Waals surface area contributed by atoms with Crippen LogP contribution < -0.4 is 15.5 Å². The van der Waals surface area contributed by atoms with Crippen LogP contribution in [0.1, 0.15) is 57.3 Å². The minimum atomic E-state index is -0.0452. The summed E-state index contributed by atoms with van der Waals surface area (Å²) in [6.45, 7) is 12.0. The van der Waals surface area contributed by atoms with Crippen molar-refractivity contribution in [2.45, 2.75) is 53.0 Å². The van der Waals surface area contributed by atoms with E-state index in [9.17, 15) is 14.4 Å². The number of hydrogen-bond donors (Lipinski definition) is 2. The standard InChI is InChI=1S/C24H37N5O3/c1-17(2)15-22(30)26-19-7-8-21(20(16-19)23(31)28-9-5-6-10-28)27-11-13-29(14-12-27)24(32)25-18(3)4/h7-8,16-18H,5-6,9-15H2,1-4H3,(H,25,32)(H,26,30). The maximum Gasteiger partial charge on any atom is 0.317 e. The Morgan fingerprint density at radius 1 is 0.906 bits per heavy atom. The third-order valence-electron chi connectivity index (χ3n) is 5.82. The van der Waals surface area contributed by atoms with E-state index >= 15 is 0 Å². The molecule has 0 spiro atoms. The lowest BCUT2D eigenvalue weighted by Crippen LogP contribution is -2.53. The number of rotatable bonds is 6. The van der Waals surface area contributed by atoms with Crippen molar-refractivity contribution in [3.63, 3.8) is 0 Å². The minimum Gasteiger partial charge on any atom is -0.367 e. The number of anilines is 2. The quantitative estimate of drug-likeness (QED) is 0.707. The SMILES string of the molecule is CC(C)CC(=O)Nc1ccc(N2CCN(C(=O)NC(C)C)CC2)c(C(=O)N2CCCC2)c1. The number of benzene rings is 1. The van der Waals surface area contributed by atoms with Gasteiger partial charge in [-0.15, -0.1) is 0 Å². The van der Waals surface area contributed by atoms with Gasteiger partial charge >= 0.3 is 6.03 Å². The summed E-state index contributed by atoms with van der Waals surface area (Å²) in [5.41, 5.74) is 2.14. The molecule has 2 N–H and O–H groups in total. The Hall–Kier alpha value is -2.77. The van der Waals surface area contributed by atoms with Crippen LogP contribution in [0, 0.1) is 5.92 Å². The fourth-order valence-electron chi connectivity index (χ4n) is 4.22. The first-order chi connectivity index (χ1) is 15.2. The normalized spacial score (nSPS) is 16.6. The van der Waals surface area contributed by atoms with Crippen LogP contribution in [-0.4, -0.2) is 73.0 Å². The Kier molecular flexibility index (Phi) is 7.99. The second-order valence-electron chi connectivity index (χ2n) is 9.46. The number of likely N-dealkylation sites (tertiary alicyclic amines) is 1. The first-order valence-corrected chi connectivity index (χ1v) is 11.8. The van der Waals surface area contributed by atoms with Crippen molar-refractivity contribution in [3.05, 3.63) is 23.8 Å².